The summed E-state index contributed by atoms with van der Waals surface area (Å²) in [6.07, 6.45) is 3.77. The number of halogens is 1. The number of carboxylic acids is 1. The van der Waals surface area contributed by atoms with Crippen LogP contribution in [0.15, 0.2) is 71.6 Å². The molecule has 2 aromatic heterocycles. The Morgan fingerprint density at radius 1 is 1.14 bits per heavy atom. The summed E-state index contributed by atoms with van der Waals surface area (Å²) in [7, 11) is 0. The summed E-state index contributed by atoms with van der Waals surface area (Å²) in [5.74, 6) is -5.12. The number of hydrogen-bond donors (Lipinski definition) is 2. The Hall–Kier alpha value is -4.31. The van der Waals surface area contributed by atoms with E-state index in [-0.39, 0.29) is 11.4 Å². The van der Waals surface area contributed by atoms with Gasteiger partial charge in [-0.1, -0.05) is 24.3 Å². The van der Waals surface area contributed by atoms with E-state index in [2.05, 4.69) is 15.3 Å². The zero-order valence-electron chi connectivity index (χ0n) is 20.1. The van der Waals surface area contributed by atoms with Crippen LogP contribution in [0.1, 0.15) is 40.4 Å². The Bertz CT molecular complexity index is 1430. The molecule has 2 atom stereocenters. The van der Waals surface area contributed by atoms with Gasteiger partial charge in [0.05, 0.1) is 5.56 Å². The molecule has 0 bridgehead atoms. The molecule has 9 nitrogen and oxygen atoms in total. The molecule has 2 unspecified atom stereocenters. The van der Waals surface area contributed by atoms with Gasteiger partial charge in [0.1, 0.15) is 11.6 Å². The number of carbonyl (C=O) groups is 2. The number of ether oxygens (including phenoxy) is 1. The number of nitrogens with zero attached hydrogens (tertiary/aromatic N) is 3. The van der Waals surface area contributed by atoms with Crippen molar-refractivity contribution in [2.75, 3.05) is 18.4 Å². The summed E-state index contributed by atoms with van der Waals surface area (Å²) in [5, 5.41) is 12.4. The number of likely N-dealkylation sites (tertiary alicyclic amines) is 1. The maximum atomic E-state index is 17.0. The van der Waals surface area contributed by atoms with Crippen LogP contribution >= 0.6 is 0 Å². The highest BCUT2D eigenvalue weighted by atomic mass is 19.2. The first-order chi connectivity index (χ1) is 17.8. The normalized spacial score (nSPS) is 16.3. The molecular formula is C27H25FN4O5. The van der Waals surface area contributed by atoms with Crippen LogP contribution < -0.4 is 10.1 Å². The van der Waals surface area contributed by atoms with Crippen LogP contribution in [-0.4, -0.2) is 50.8 Å². The number of carbonyl (C=O) groups excluding carboxylic acids is 1. The van der Waals surface area contributed by atoms with Gasteiger partial charge >= 0.3 is 11.9 Å². The van der Waals surface area contributed by atoms with E-state index < -0.39 is 23.8 Å². The number of aromatic carboxylic acids is 1. The number of aromatic nitrogens is 2. The summed E-state index contributed by atoms with van der Waals surface area (Å²) >= 11 is 0. The number of pyridine rings is 1. The number of carboxylic acid groups (broad SMARTS) is 1. The number of hydrogen-bond acceptors (Lipinski definition) is 8. The molecule has 5 rings (SSSR count). The molecule has 1 aliphatic rings. The minimum atomic E-state index is -2.87. The van der Waals surface area contributed by atoms with Gasteiger partial charge in [0.2, 0.25) is 5.88 Å². The van der Waals surface area contributed by atoms with E-state index in [1.807, 2.05) is 31.2 Å². The zero-order valence-corrected chi connectivity index (χ0v) is 20.1. The molecule has 0 aliphatic carbocycles. The van der Waals surface area contributed by atoms with Gasteiger partial charge in [-0.25, -0.2) is 19.7 Å². The second-order valence-corrected chi connectivity index (χ2v) is 8.88. The molecule has 10 heteroatoms. The van der Waals surface area contributed by atoms with Crippen molar-refractivity contribution < 1.29 is 28.2 Å². The van der Waals surface area contributed by atoms with Gasteiger partial charge in [0.25, 0.3) is 5.78 Å². The average Bonchev–Trinajstić information content (AvgIpc) is 3.60. The molecule has 0 spiro atoms. The van der Waals surface area contributed by atoms with Gasteiger partial charge in [-0.3, -0.25) is 4.79 Å². The van der Waals surface area contributed by atoms with Crippen LogP contribution in [0.2, 0.25) is 0 Å². The monoisotopic (exact) mass is 504 g/mol. The Balaban J connectivity index is 1.56. The summed E-state index contributed by atoms with van der Waals surface area (Å²) in [6.45, 7) is 2.51. The predicted octanol–water partition coefficient (Wildman–Crippen LogP) is 4.75. The topological polar surface area (TPSA) is 118 Å². The number of aryl methyl sites for hydroxylation is 1. The number of alkyl halides is 1. The van der Waals surface area contributed by atoms with Crippen molar-refractivity contribution in [2.24, 2.45) is 0 Å². The molecule has 1 fully saturated rings. The van der Waals surface area contributed by atoms with Crippen LogP contribution in [0.4, 0.5) is 10.1 Å². The van der Waals surface area contributed by atoms with E-state index in [1.54, 1.807) is 18.2 Å². The molecule has 2 N–H and O–H groups in total. The largest absolute Gasteiger partial charge is 0.478 e. The lowest BCUT2D eigenvalue weighted by Gasteiger charge is -2.35. The predicted molar refractivity (Wildman–Crippen MR) is 133 cm³/mol. The van der Waals surface area contributed by atoms with Gasteiger partial charge < -0.3 is 19.6 Å². The molecule has 190 valence electrons. The number of oxazole rings is 1. The summed E-state index contributed by atoms with van der Waals surface area (Å²) in [4.78, 5) is 34.8. The molecule has 4 aromatic rings. The molecule has 3 heterocycles. The number of fused-ring (bicyclic) bond motifs is 1. The first kappa shape index (κ1) is 24.4. The maximum Gasteiger partial charge on any atom is 0.375 e. The third-order valence-corrected chi connectivity index (χ3v) is 6.44. The Morgan fingerprint density at radius 2 is 1.92 bits per heavy atom. The first-order valence-corrected chi connectivity index (χ1v) is 11.9. The molecule has 1 saturated heterocycles. The van der Waals surface area contributed by atoms with Crippen LogP contribution in [0.5, 0.6) is 5.88 Å². The molecule has 37 heavy (non-hydrogen) atoms. The van der Waals surface area contributed by atoms with Gasteiger partial charge in [0.15, 0.2) is 12.0 Å². The van der Waals surface area contributed by atoms with E-state index in [1.165, 1.54) is 23.4 Å². The van der Waals surface area contributed by atoms with E-state index in [0.717, 1.165) is 11.8 Å². The highest BCUT2D eigenvalue weighted by molar-refractivity contribution is 5.94. The number of anilines is 1. The number of Topliss-reactive ketones (excluding diaryl/α,β-unsaturated/α-hetero) is 1. The van der Waals surface area contributed by atoms with E-state index in [9.17, 15) is 9.59 Å². The lowest BCUT2D eigenvalue weighted by molar-refractivity contribution is -0.193. The van der Waals surface area contributed by atoms with E-state index in [4.69, 9.17) is 14.3 Å². The fourth-order valence-electron chi connectivity index (χ4n) is 4.40. The molecule has 0 saturated carbocycles. The number of rotatable bonds is 9. The molecule has 0 radical (unpaired) electrons. The number of ketones is 1. The second-order valence-electron chi connectivity index (χ2n) is 8.88. The highest BCUT2D eigenvalue weighted by Gasteiger charge is 2.52. The van der Waals surface area contributed by atoms with Gasteiger partial charge in [-0.2, -0.15) is 4.39 Å². The third kappa shape index (κ3) is 4.88. The number of benzene rings is 2. The maximum absolute atomic E-state index is 17.0. The van der Waals surface area contributed by atoms with Crippen molar-refractivity contribution in [1.29, 1.82) is 0 Å². The van der Waals surface area contributed by atoms with Crippen LogP contribution in [0, 0.1) is 6.92 Å². The lowest BCUT2D eigenvalue weighted by atomic mass is 9.98. The van der Waals surface area contributed by atoms with E-state index >= 15 is 4.39 Å². The third-order valence-electron chi connectivity index (χ3n) is 6.44. The molecule has 2 aromatic carbocycles. The Kier molecular flexibility index (Phi) is 6.58. The fourth-order valence-corrected chi connectivity index (χ4v) is 4.40. The van der Waals surface area contributed by atoms with Crippen molar-refractivity contribution in [1.82, 2.24) is 14.9 Å². The van der Waals surface area contributed by atoms with Gasteiger partial charge in [-0.05, 0) is 55.2 Å². The molecule has 0 amide bonds. The minimum Gasteiger partial charge on any atom is -0.478 e. The standard InChI is InChI=1S/C27H25FN4O5/c1-17-6-2-3-7-20(17)31-24(18-8-10-21-22(14-18)36-16-30-21)25(33)27(28,32-12-4-5-13-32)37-23-11-9-19(15-29-23)26(34)35/h2-3,6-11,14-16,24,31H,4-5,12-13H2,1H3,(H,34,35). The average molecular weight is 505 g/mol. The van der Waals surface area contributed by atoms with Crippen molar-refractivity contribution >= 4 is 28.5 Å². The first-order valence-electron chi connectivity index (χ1n) is 11.9. The number of para-hydroxylation sites is 1. The fraction of sp³-hybridized carbons (Fsp3) is 0.259. The van der Waals surface area contributed by atoms with Crippen LogP contribution in [-0.2, 0) is 4.79 Å². The van der Waals surface area contributed by atoms with Crippen molar-refractivity contribution in [2.45, 2.75) is 31.8 Å². The Labute approximate surface area is 211 Å². The SMILES string of the molecule is Cc1ccccc1NC(C(=O)C(F)(Oc1ccc(C(=O)O)cn1)N1CCCC1)c1ccc2ncoc2c1. The zero-order chi connectivity index (χ0) is 26.0. The number of nitrogens with one attached hydrogen (secondary N) is 1. The lowest BCUT2D eigenvalue weighted by Crippen LogP contribution is -2.57. The second kappa shape index (κ2) is 9.98. The minimum absolute atomic E-state index is 0.0798. The van der Waals surface area contributed by atoms with Gasteiger partial charge in [0, 0.05) is 31.0 Å². The summed E-state index contributed by atoms with van der Waals surface area (Å²) in [5.41, 5.74) is 2.99. The highest BCUT2D eigenvalue weighted by Crippen LogP contribution is 2.35. The summed E-state index contributed by atoms with van der Waals surface area (Å²) < 4.78 is 28.0. The molecule has 1 aliphatic heterocycles. The molecular weight excluding hydrogens is 479 g/mol. The van der Waals surface area contributed by atoms with Crippen molar-refractivity contribution in [3.05, 3.63) is 83.9 Å². The Morgan fingerprint density at radius 3 is 2.62 bits per heavy atom. The van der Waals surface area contributed by atoms with Crippen LogP contribution in [0.3, 0.4) is 0 Å². The van der Waals surface area contributed by atoms with Gasteiger partial charge in [-0.15, -0.1) is 0 Å². The van der Waals surface area contributed by atoms with Crippen molar-refractivity contribution in [3.63, 3.8) is 0 Å². The van der Waals surface area contributed by atoms with Crippen molar-refractivity contribution in [3.8, 4) is 5.88 Å². The van der Waals surface area contributed by atoms with E-state index in [0.29, 0.717) is 48.3 Å². The smallest absolute Gasteiger partial charge is 0.375 e. The quantitative estimate of drug-likeness (QED) is 0.311. The summed E-state index contributed by atoms with van der Waals surface area (Å²) in [6, 6.07) is 13.8. The van der Waals surface area contributed by atoms with Crippen LogP contribution in [0.25, 0.3) is 11.1 Å².